The summed E-state index contributed by atoms with van der Waals surface area (Å²) in [4.78, 5) is 32.2. The Balaban J connectivity index is 1.29. The first kappa shape index (κ1) is 19.2. The lowest BCUT2D eigenvalue weighted by molar-refractivity contribution is -0.126. The number of benzene rings is 1. The van der Waals surface area contributed by atoms with Crippen molar-refractivity contribution >= 4 is 29.0 Å². The molecule has 1 aromatic carbocycles. The van der Waals surface area contributed by atoms with Crippen molar-refractivity contribution in [1.82, 2.24) is 15.2 Å². The Hall–Kier alpha value is -3.13. The van der Waals surface area contributed by atoms with Crippen molar-refractivity contribution in [3.8, 4) is 10.8 Å². The van der Waals surface area contributed by atoms with Gasteiger partial charge in [-0.3, -0.25) is 4.79 Å². The van der Waals surface area contributed by atoms with E-state index in [-0.39, 0.29) is 17.9 Å². The van der Waals surface area contributed by atoms with Crippen LogP contribution in [0.25, 0.3) is 10.8 Å². The summed E-state index contributed by atoms with van der Waals surface area (Å²) in [5, 5.41) is 7.76. The zero-order valence-corrected chi connectivity index (χ0v) is 16.7. The number of anilines is 1. The lowest BCUT2D eigenvalue weighted by Crippen LogP contribution is -2.46. The highest BCUT2D eigenvalue weighted by Gasteiger charge is 2.28. The molecule has 2 N–H and O–H groups in total. The van der Waals surface area contributed by atoms with E-state index < -0.39 is 0 Å². The summed E-state index contributed by atoms with van der Waals surface area (Å²) in [6, 6.07) is 13.0. The van der Waals surface area contributed by atoms with Crippen LogP contribution in [-0.4, -0.2) is 34.9 Å². The highest BCUT2D eigenvalue weighted by molar-refractivity contribution is 7.13. The Morgan fingerprint density at radius 3 is 2.86 bits per heavy atom. The van der Waals surface area contributed by atoms with Gasteiger partial charge in [0.15, 0.2) is 0 Å². The standard InChI is InChI=1S/C21H22N4O3S/c26-19(22-12-17-14-28-20(23-17)18-9-5-11-29-18)15-6-4-10-25(13-15)21(27)24-16-7-2-1-3-8-16/h1-3,5,7-9,11,14-15H,4,6,10,12-13H2,(H,22,26)(H,24,27)/t15-/m1/s1. The average molecular weight is 410 g/mol. The minimum absolute atomic E-state index is 0.0668. The van der Waals surface area contributed by atoms with Crippen LogP contribution in [0.3, 0.4) is 0 Å². The first-order valence-electron chi connectivity index (χ1n) is 9.56. The average Bonchev–Trinajstić information content (AvgIpc) is 3.45. The predicted molar refractivity (Wildman–Crippen MR) is 111 cm³/mol. The van der Waals surface area contributed by atoms with Crippen molar-refractivity contribution in [2.24, 2.45) is 5.92 Å². The summed E-state index contributed by atoms with van der Waals surface area (Å²) in [7, 11) is 0. The molecule has 1 atom stereocenters. The number of urea groups is 1. The van der Waals surface area contributed by atoms with Crippen LogP contribution in [0.1, 0.15) is 18.5 Å². The van der Waals surface area contributed by atoms with Gasteiger partial charge >= 0.3 is 6.03 Å². The Morgan fingerprint density at radius 2 is 2.07 bits per heavy atom. The van der Waals surface area contributed by atoms with Crippen LogP contribution in [0.5, 0.6) is 0 Å². The lowest BCUT2D eigenvalue weighted by Gasteiger charge is -2.32. The Bertz CT molecular complexity index is 955. The van der Waals surface area contributed by atoms with Gasteiger partial charge in [0.1, 0.15) is 6.26 Å². The second-order valence-electron chi connectivity index (χ2n) is 6.92. The number of likely N-dealkylation sites (tertiary alicyclic amines) is 1. The molecule has 7 nitrogen and oxygen atoms in total. The molecule has 8 heteroatoms. The van der Waals surface area contributed by atoms with Crippen molar-refractivity contribution in [2.45, 2.75) is 19.4 Å². The van der Waals surface area contributed by atoms with E-state index in [1.807, 2.05) is 47.8 Å². The fraction of sp³-hybridized carbons (Fsp3) is 0.286. The van der Waals surface area contributed by atoms with Crippen LogP contribution in [-0.2, 0) is 11.3 Å². The molecular weight excluding hydrogens is 388 g/mol. The van der Waals surface area contributed by atoms with Gasteiger partial charge in [-0.1, -0.05) is 24.3 Å². The number of oxazole rings is 1. The summed E-state index contributed by atoms with van der Waals surface area (Å²) in [5.74, 6) is 0.266. The van der Waals surface area contributed by atoms with Gasteiger partial charge in [0.2, 0.25) is 11.8 Å². The van der Waals surface area contributed by atoms with E-state index in [0.29, 0.717) is 31.2 Å². The van der Waals surface area contributed by atoms with Crippen LogP contribution in [0.4, 0.5) is 10.5 Å². The van der Waals surface area contributed by atoms with Gasteiger partial charge in [0.25, 0.3) is 0 Å². The number of amides is 3. The van der Waals surface area contributed by atoms with E-state index >= 15 is 0 Å². The predicted octanol–water partition coefficient (Wildman–Crippen LogP) is 3.96. The molecule has 150 valence electrons. The maximum atomic E-state index is 12.6. The lowest BCUT2D eigenvalue weighted by atomic mass is 9.97. The van der Waals surface area contributed by atoms with Gasteiger partial charge in [-0.25, -0.2) is 9.78 Å². The number of hydrogen-bond donors (Lipinski definition) is 2. The van der Waals surface area contributed by atoms with Crippen LogP contribution >= 0.6 is 11.3 Å². The smallest absolute Gasteiger partial charge is 0.321 e. The SMILES string of the molecule is O=C(NCc1coc(-c2cccs2)n1)[C@@H]1CCCN(C(=O)Nc2ccccc2)C1. The van der Waals surface area contributed by atoms with Crippen molar-refractivity contribution in [3.63, 3.8) is 0 Å². The summed E-state index contributed by atoms with van der Waals surface area (Å²) in [6.45, 7) is 1.36. The molecule has 1 aliphatic rings. The second kappa shape index (κ2) is 8.91. The van der Waals surface area contributed by atoms with E-state index in [0.717, 1.165) is 23.4 Å². The van der Waals surface area contributed by atoms with Crippen molar-refractivity contribution in [3.05, 3.63) is 59.8 Å². The maximum Gasteiger partial charge on any atom is 0.321 e. The molecule has 0 aliphatic carbocycles. The molecule has 1 saturated heterocycles. The third kappa shape index (κ3) is 4.83. The second-order valence-corrected chi connectivity index (χ2v) is 7.87. The molecule has 2 aromatic heterocycles. The third-order valence-electron chi connectivity index (χ3n) is 4.83. The van der Waals surface area contributed by atoms with Crippen LogP contribution in [0.15, 0.2) is 58.5 Å². The number of nitrogens with one attached hydrogen (secondary N) is 2. The molecule has 1 fully saturated rings. The normalized spacial score (nSPS) is 16.4. The number of nitrogens with zero attached hydrogens (tertiary/aromatic N) is 2. The molecule has 3 aromatic rings. The van der Waals surface area contributed by atoms with Crippen LogP contribution in [0.2, 0.25) is 0 Å². The number of para-hydroxylation sites is 1. The van der Waals surface area contributed by atoms with Crippen molar-refractivity contribution in [1.29, 1.82) is 0 Å². The molecule has 29 heavy (non-hydrogen) atoms. The topological polar surface area (TPSA) is 87.5 Å². The fourth-order valence-corrected chi connectivity index (χ4v) is 3.98. The molecule has 3 heterocycles. The summed E-state index contributed by atoms with van der Waals surface area (Å²) in [6.07, 6.45) is 3.13. The number of rotatable bonds is 5. The van der Waals surface area contributed by atoms with E-state index in [9.17, 15) is 9.59 Å². The highest BCUT2D eigenvalue weighted by Crippen LogP contribution is 2.24. The van der Waals surface area contributed by atoms with Crippen LogP contribution in [0, 0.1) is 5.92 Å². The fourth-order valence-electron chi connectivity index (χ4n) is 3.32. The van der Waals surface area contributed by atoms with Gasteiger partial charge in [-0.05, 0) is 36.4 Å². The van der Waals surface area contributed by atoms with E-state index in [1.54, 1.807) is 22.5 Å². The number of thiophene rings is 1. The van der Waals surface area contributed by atoms with E-state index in [4.69, 9.17) is 4.42 Å². The quantitative estimate of drug-likeness (QED) is 0.666. The minimum Gasteiger partial charge on any atom is -0.443 e. The molecule has 0 radical (unpaired) electrons. The summed E-state index contributed by atoms with van der Waals surface area (Å²) < 4.78 is 5.48. The van der Waals surface area contributed by atoms with E-state index in [2.05, 4.69) is 15.6 Å². The van der Waals surface area contributed by atoms with Gasteiger partial charge in [-0.2, -0.15) is 0 Å². The first-order chi connectivity index (χ1) is 14.2. The Labute approximate surface area is 172 Å². The maximum absolute atomic E-state index is 12.6. The molecule has 3 amide bonds. The van der Waals surface area contributed by atoms with Crippen molar-refractivity contribution < 1.29 is 14.0 Å². The van der Waals surface area contributed by atoms with Gasteiger partial charge in [0, 0.05) is 18.8 Å². The molecule has 4 rings (SSSR count). The minimum atomic E-state index is -0.228. The van der Waals surface area contributed by atoms with Crippen molar-refractivity contribution in [2.75, 3.05) is 18.4 Å². The molecule has 1 aliphatic heterocycles. The monoisotopic (exact) mass is 410 g/mol. The number of hydrogen-bond acceptors (Lipinski definition) is 5. The Morgan fingerprint density at radius 1 is 1.21 bits per heavy atom. The number of carbonyl (C=O) groups excluding carboxylic acids is 2. The molecule has 0 saturated carbocycles. The largest absolute Gasteiger partial charge is 0.443 e. The number of piperidine rings is 1. The third-order valence-corrected chi connectivity index (χ3v) is 5.69. The highest BCUT2D eigenvalue weighted by atomic mass is 32.1. The summed E-state index contributed by atoms with van der Waals surface area (Å²) >= 11 is 1.55. The van der Waals surface area contributed by atoms with E-state index in [1.165, 1.54) is 0 Å². The molecular formula is C21H22N4O3S. The Kier molecular flexibility index (Phi) is 5.90. The van der Waals surface area contributed by atoms with Crippen LogP contribution < -0.4 is 10.6 Å². The van der Waals surface area contributed by atoms with Gasteiger partial charge in [0.05, 0.1) is 23.0 Å². The number of carbonyl (C=O) groups is 2. The molecule has 0 unspecified atom stereocenters. The van der Waals surface area contributed by atoms with Gasteiger partial charge < -0.3 is 20.0 Å². The zero-order valence-electron chi connectivity index (χ0n) is 15.8. The zero-order chi connectivity index (χ0) is 20.1. The number of aromatic nitrogens is 1. The molecule has 0 spiro atoms. The first-order valence-corrected chi connectivity index (χ1v) is 10.4. The molecule has 0 bridgehead atoms. The van der Waals surface area contributed by atoms with Gasteiger partial charge in [-0.15, -0.1) is 11.3 Å². The summed E-state index contributed by atoms with van der Waals surface area (Å²) in [5.41, 5.74) is 1.42.